The Kier molecular flexibility index (Phi) is 7.90. The van der Waals surface area contributed by atoms with Gasteiger partial charge in [0, 0.05) is 12.1 Å². The molecular weight excluding hydrogens is 416 g/mol. The van der Waals surface area contributed by atoms with E-state index in [1.54, 1.807) is 24.3 Å². The van der Waals surface area contributed by atoms with E-state index in [2.05, 4.69) is 19.2 Å². The van der Waals surface area contributed by atoms with E-state index >= 15 is 0 Å². The molecule has 3 nitrogen and oxygen atoms in total. The summed E-state index contributed by atoms with van der Waals surface area (Å²) in [6, 6.07) is 10.7. The summed E-state index contributed by atoms with van der Waals surface area (Å²) in [5.74, 6) is 0.452. The van der Waals surface area contributed by atoms with E-state index < -0.39 is 6.10 Å². The van der Waals surface area contributed by atoms with Crippen molar-refractivity contribution < 1.29 is 9.84 Å². The molecule has 2 aromatic carbocycles. The third-order valence-electron chi connectivity index (χ3n) is 3.79. The predicted molar refractivity (Wildman–Crippen MR) is 110 cm³/mol. The summed E-state index contributed by atoms with van der Waals surface area (Å²) in [5, 5.41) is 15.3. The first-order valence-corrected chi connectivity index (χ1v) is 9.63. The highest BCUT2D eigenvalue weighted by Crippen LogP contribution is 2.31. The van der Waals surface area contributed by atoms with Gasteiger partial charge in [0.15, 0.2) is 0 Å². The fraction of sp³-hybridized carbons (Fsp3) is 0.368. The van der Waals surface area contributed by atoms with Gasteiger partial charge in [-0.05, 0) is 50.1 Å². The van der Waals surface area contributed by atoms with E-state index in [0.29, 0.717) is 32.4 Å². The molecular formula is C19H21Cl4NO2. The number of ether oxygens (including phenoxy) is 1. The molecule has 0 unspecified atom stereocenters. The third-order valence-corrected chi connectivity index (χ3v) is 5.33. The summed E-state index contributed by atoms with van der Waals surface area (Å²) in [6.45, 7) is 4.58. The number of aliphatic hydroxyl groups excluding tert-OH is 1. The molecule has 0 fully saturated rings. The first kappa shape index (κ1) is 21.6. The lowest BCUT2D eigenvalue weighted by Crippen LogP contribution is -2.46. The molecule has 26 heavy (non-hydrogen) atoms. The summed E-state index contributed by atoms with van der Waals surface area (Å²) < 4.78 is 5.55. The Bertz CT molecular complexity index is 752. The van der Waals surface area contributed by atoms with E-state index in [9.17, 15) is 5.11 Å². The van der Waals surface area contributed by atoms with Gasteiger partial charge in [-0.3, -0.25) is 0 Å². The number of rotatable bonds is 8. The predicted octanol–water partition coefficient (Wildman–Crippen LogP) is 5.65. The largest absolute Gasteiger partial charge is 0.489 e. The first-order chi connectivity index (χ1) is 12.2. The fourth-order valence-corrected chi connectivity index (χ4v) is 3.12. The number of nitrogens with one attached hydrogen (secondary N) is 1. The Morgan fingerprint density at radius 2 is 1.77 bits per heavy atom. The average molecular weight is 437 g/mol. The van der Waals surface area contributed by atoms with Crippen LogP contribution in [0.15, 0.2) is 36.4 Å². The monoisotopic (exact) mass is 435 g/mol. The lowest BCUT2D eigenvalue weighted by Gasteiger charge is -2.28. The van der Waals surface area contributed by atoms with Gasteiger partial charge in [-0.15, -0.1) is 0 Å². The van der Waals surface area contributed by atoms with E-state index in [1.807, 2.05) is 12.1 Å². The van der Waals surface area contributed by atoms with Crippen LogP contribution in [0, 0.1) is 0 Å². The summed E-state index contributed by atoms with van der Waals surface area (Å²) in [5.41, 5.74) is 0.819. The zero-order valence-electron chi connectivity index (χ0n) is 14.5. The third kappa shape index (κ3) is 6.49. The highest BCUT2D eigenvalue weighted by Gasteiger charge is 2.20. The highest BCUT2D eigenvalue weighted by molar-refractivity contribution is 6.43. The van der Waals surface area contributed by atoms with Crippen molar-refractivity contribution in [2.75, 3.05) is 13.2 Å². The number of halogens is 4. The van der Waals surface area contributed by atoms with E-state index in [-0.39, 0.29) is 12.1 Å². The van der Waals surface area contributed by atoms with E-state index in [1.165, 1.54) is 0 Å². The number of aliphatic hydroxyl groups is 1. The molecule has 0 amide bonds. The molecule has 0 heterocycles. The molecule has 0 aromatic heterocycles. The molecule has 142 valence electrons. The SMILES string of the molecule is CC(C)(Cc1ccc(Cl)c(Cl)c1)NC[C@@H](O)COc1cccc(Cl)c1Cl. The summed E-state index contributed by atoms with van der Waals surface area (Å²) >= 11 is 24.0. The van der Waals surface area contributed by atoms with Gasteiger partial charge in [0.1, 0.15) is 23.5 Å². The maximum absolute atomic E-state index is 10.2. The van der Waals surface area contributed by atoms with E-state index in [4.69, 9.17) is 51.1 Å². The van der Waals surface area contributed by atoms with Gasteiger partial charge in [0.05, 0.1) is 15.1 Å². The number of hydrogen-bond donors (Lipinski definition) is 2. The normalized spacial score (nSPS) is 12.9. The van der Waals surface area contributed by atoms with Crippen LogP contribution in [0.1, 0.15) is 19.4 Å². The van der Waals surface area contributed by atoms with Gasteiger partial charge >= 0.3 is 0 Å². The quantitative estimate of drug-likeness (QED) is 0.561. The fourth-order valence-electron chi connectivity index (χ4n) is 2.46. The van der Waals surface area contributed by atoms with Crippen molar-refractivity contribution in [3.63, 3.8) is 0 Å². The number of benzene rings is 2. The van der Waals surface area contributed by atoms with Gasteiger partial charge < -0.3 is 15.2 Å². The van der Waals surface area contributed by atoms with Crippen LogP contribution in [0.4, 0.5) is 0 Å². The minimum atomic E-state index is -0.696. The average Bonchev–Trinajstić information content (AvgIpc) is 2.57. The Balaban J connectivity index is 1.84. The summed E-state index contributed by atoms with van der Waals surface area (Å²) in [4.78, 5) is 0. The maximum Gasteiger partial charge on any atom is 0.139 e. The van der Waals surface area contributed by atoms with Gasteiger partial charge in [0.25, 0.3) is 0 Å². The molecule has 0 spiro atoms. The molecule has 0 aliphatic rings. The second kappa shape index (κ2) is 9.50. The Hall–Kier alpha value is -0.680. The zero-order valence-corrected chi connectivity index (χ0v) is 17.6. The van der Waals surface area contributed by atoms with Gasteiger partial charge in [0.2, 0.25) is 0 Å². The van der Waals surface area contributed by atoms with Crippen LogP contribution in [-0.2, 0) is 6.42 Å². The minimum absolute atomic E-state index is 0.107. The van der Waals surface area contributed by atoms with Crippen molar-refractivity contribution in [1.82, 2.24) is 5.32 Å². The van der Waals surface area contributed by atoms with Crippen LogP contribution in [0.25, 0.3) is 0 Å². The van der Waals surface area contributed by atoms with Crippen molar-refractivity contribution in [3.05, 3.63) is 62.1 Å². The van der Waals surface area contributed by atoms with Crippen molar-refractivity contribution in [2.24, 2.45) is 0 Å². The molecule has 1 atom stereocenters. The van der Waals surface area contributed by atoms with Crippen LogP contribution in [-0.4, -0.2) is 29.9 Å². The Labute approximate surface area is 174 Å². The molecule has 0 saturated heterocycles. The maximum atomic E-state index is 10.2. The summed E-state index contributed by atoms with van der Waals surface area (Å²) in [7, 11) is 0. The topological polar surface area (TPSA) is 41.5 Å². The molecule has 0 radical (unpaired) electrons. The van der Waals surface area contributed by atoms with Crippen LogP contribution >= 0.6 is 46.4 Å². The molecule has 2 rings (SSSR count). The smallest absolute Gasteiger partial charge is 0.139 e. The van der Waals surface area contributed by atoms with Crippen LogP contribution in [0.3, 0.4) is 0 Å². The van der Waals surface area contributed by atoms with Crippen LogP contribution < -0.4 is 10.1 Å². The summed E-state index contributed by atoms with van der Waals surface area (Å²) in [6.07, 6.45) is 0.0375. The van der Waals surface area contributed by atoms with Crippen molar-refractivity contribution in [3.8, 4) is 5.75 Å². The minimum Gasteiger partial charge on any atom is -0.489 e. The molecule has 7 heteroatoms. The molecule has 2 N–H and O–H groups in total. The van der Waals surface area contributed by atoms with Crippen molar-refractivity contribution >= 4 is 46.4 Å². The first-order valence-electron chi connectivity index (χ1n) is 8.12. The standard InChI is InChI=1S/C19H21Cl4NO2/c1-19(2,9-12-6-7-14(20)16(22)8-12)24-10-13(25)11-26-17-5-3-4-15(21)18(17)23/h3-8,13,24-25H,9-11H2,1-2H3/t13-/m1/s1. The molecule has 0 aliphatic heterocycles. The molecule has 2 aromatic rings. The molecule has 0 aliphatic carbocycles. The second-order valence-corrected chi connectivity index (χ2v) is 8.31. The lowest BCUT2D eigenvalue weighted by atomic mass is 9.95. The Morgan fingerprint density at radius 3 is 2.46 bits per heavy atom. The van der Waals surface area contributed by atoms with Crippen molar-refractivity contribution in [1.29, 1.82) is 0 Å². The van der Waals surface area contributed by atoms with E-state index in [0.717, 1.165) is 12.0 Å². The van der Waals surface area contributed by atoms with Gasteiger partial charge in [-0.25, -0.2) is 0 Å². The highest BCUT2D eigenvalue weighted by atomic mass is 35.5. The van der Waals surface area contributed by atoms with Gasteiger partial charge in [-0.2, -0.15) is 0 Å². The molecule has 0 saturated carbocycles. The zero-order chi connectivity index (χ0) is 19.3. The molecule has 0 bridgehead atoms. The van der Waals surface area contributed by atoms with Crippen molar-refractivity contribution in [2.45, 2.75) is 31.9 Å². The van der Waals surface area contributed by atoms with Crippen LogP contribution in [0.2, 0.25) is 20.1 Å². The lowest BCUT2D eigenvalue weighted by molar-refractivity contribution is 0.0989. The number of β-amino-alcohol motifs (C(OH)–C–C–N with tert-alkyl or cyclic N) is 1. The Morgan fingerprint density at radius 1 is 1.04 bits per heavy atom. The van der Waals surface area contributed by atoms with Crippen LogP contribution in [0.5, 0.6) is 5.75 Å². The van der Waals surface area contributed by atoms with Gasteiger partial charge in [-0.1, -0.05) is 58.5 Å². The second-order valence-electron chi connectivity index (χ2n) is 6.71. The number of hydrogen-bond acceptors (Lipinski definition) is 3.